The lowest BCUT2D eigenvalue weighted by atomic mass is 9.84. The van der Waals surface area contributed by atoms with Crippen LogP contribution in [0.2, 0.25) is 0 Å². The van der Waals surface area contributed by atoms with E-state index in [4.69, 9.17) is 0 Å². The summed E-state index contributed by atoms with van der Waals surface area (Å²) < 4.78 is 5.52. The Hall–Kier alpha value is -6.32. The topological polar surface area (TPSA) is 0 Å². The molecule has 0 spiro atoms. The number of fused-ring (bicyclic) bond motifs is 12. The molecular weight excluding hydrogens is 689 g/mol. The first-order valence-corrected chi connectivity index (χ1v) is 20.1. The van der Waals surface area contributed by atoms with Crippen molar-refractivity contribution in [1.82, 2.24) is 0 Å². The molecule has 12 rings (SSSR count). The van der Waals surface area contributed by atoms with Gasteiger partial charge in [0.2, 0.25) is 0 Å². The van der Waals surface area contributed by atoms with Gasteiger partial charge in [0.1, 0.15) is 0 Å². The highest BCUT2D eigenvalue weighted by molar-refractivity contribution is 7.34. The number of benzene rings is 10. The quantitative estimate of drug-likeness (QED) is 0.160. The summed E-state index contributed by atoms with van der Waals surface area (Å²) in [6, 6.07) is 67.7. The molecule has 0 fully saturated rings. The summed E-state index contributed by atoms with van der Waals surface area (Å²) in [7, 11) is 0. The molecular formula is C52H30S2. The van der Waals surface area contributed by atoms with E-state index in [2.05, 4.69) is 182 Å². The Bertz CT molecular complexity index is 3430. The van der Waals surface area contributed by atoms with E-state index >= 15 is 0 Å². The summed E-state index contributed by atoms with van der Waals surface area (Å²) >= 11 is 3.88. The third-order valence-corrected chi connectivity index (χ3v) is 14.1. The summed E-state index contributed by atoms with van der Waals surface area (Å²) in [6.45, 7) is 0. The molecule has 12 aromatic rings. The second kappa shape index (κ2) is 11.6. The summed E-state index contributed by atoms with van der Waals surface area (Å²) in [5, 5.41) is 15.7. The second-order valence-corrected chi connectivity index (χ2v) is 16.4. The van der Waals surface area contributed by atoms with Crippen molar-refractivity contribution in [3.63, 3.8) is 0 Å². The molecule has 250 valence electrons. The van der Waals surface area contributed by atoms with Crippen LogP contribution in [-0.4, -0.2) is 0 Å². The Labute approximate surface area is 319 Å². The monoisotopic (exact) mass is 718 g/mol. The van der Waals surface area contributed by atoms with E-state index in [1.165, 1.54) is 117 Å². The number of hydrogen-bond acceptors (Lipinski definition) is 2. The Morgan fingerprint density at radius 3 is 1.48 bits per heavy atom. The fraction of sp³-hybridized carbons (Fsp3) is 0. The molecule has 2 heteroatoms. The molecule has 10 aromatic carbocycles. The van der Waals surface area contributed by atoms with Crippen molar-refractivity contribution < 1.29 is 0 Å². The summed E-state index contributed by atoms with van der Waals surface area (Å²) in [4.78, 5) is 0. The molecule has 2 aromatic heterocycles. The first-order valence-electron chi connectivity index (χ1n) is 18.5. The van der Waals surface area contributed by atoms with Crippen LogP contribution in [0.4, 0.5) is 0 Å². The van der Waals surface area contributed by atoms with Crippen molar-refractivity contribution in [2.45, 2.75) is 0 Å². The van der Waals surface area contributed by atoms with Gasteiger partial charge in [0, 0.05) is 36.3 Å². The molecule has 2 heterocycles. The molecule has 0 nitrogen and oxygen atoms in total. The van der Waals surface area contributed by atoms with Gasteiger partial charge in [-0.15, -0.1) is 22.7 Å². The molecule has 0 radical (unpaired) electrons. The molecule has 0 saturated carbocycles. The predicted octanol–water partition coefficient (Wildman–Crippen LogP) is 16.0. The zero-order valence-electron chi connectivity index (χ0n) is 29.1. The lowest BCUT2D eigenvalue weighted by Crippen LogP contribution is -1.91. The molecule has 0 saturated heterocycles. The molecule has 0 aliphatic heterocycles. The van der Waals surface area contributed by atoms with Crippen molar-refractivity contribution in [2.75, 3.05) is 0 Å². The normalized spacial score (nSPS) is 12.1. The predicted molar refractivity (Wildman–Crippen MR) is 239 cm³/mol. The van der Waals surface area contributed by atoms with Gasteiger partial charge >= 0.3 is 0 Å². The molecule has 0 aliphatic carbocycles. The van der Waals surface area contributed by atoms with Gasteiger partial charge in [0.05, 0.1) is 9.40 Å². The zero-order chi connectivity index (χ0) is 35.3. The lowest BCUT2D eigenvalue weighted by Gasteiger charge is -2.19. The molecule has 54 heavy (non-hydrogen) atoms. The average Bonchev–Trinajstić information content (AvgIpc) is 3.81. The third-order valence-electron chi connectivity index (χ3n) is 11.5. The van der Waals surface area contributed by atoms with E-state index in [0.717, 1.165) is 0 Å². The number of rotatable bonds is 3. The summed E-state index contributed by atoms with van der Waals surface area (Å²) in [5.41, 5.74) is 7.61. The van der Waals surface area contributed by atoms with Gasteiger partial charge in [-0.25, -0.2) is 0 Å². The van der Waals surface area contributed by atoms with Crippen LogP contribution in [-0.2, 0) is 0 Å². The van der Waals surface area contributed by atoms with Crippen LogP contribution in [0.1, 0.15) is 0 Å². The molecule has 0 amide bonds. The SMILES string of the molecule is c1ccc2c(-c3c4ccccc4c(-c4ccc(-c5cc6c7ccc8c9ccccc9sc8c7sc6c6ccccc56)cc4)c4ccccc34)cccc2c1. The van der Waals surface area contributed by atoms with E-state index in [1.807, 2.05) is 22.7 Å². The number of hydrogen-bond donors (Lipinski definition) is 0. The second-order valence-electron chi connectivity index (χ2n) is 14.3. The highest BCUT2D eigenvalue weighted by Gasteiger charge is 2.20. The van der Waals surface area contributed by atoms with E-state index in [1.54, 1.807) is 0 Å². The molecule has 0 bridgehead atoms. The third kappa shape index (κ3) is 4.30. The van der Waals surface area contributed by atoms with Gasteiger partial charge in [0.15, 0.2) is 0 Å². The van der Waals surface area contributed by atoms with Gasteiger partial charge in [-0.2, -0.15) is 0 Å². The van der Waals surface area contributed by atoms with Crippen molar-refractivity contribution in [1.29, 1.82) is 0 Å². The van der Waals surface area contributed by atoms with Crippen molar-refractivity contribution in [3.05, 3.63) is 182 Å². The Morgan fingerprint density at radius 1 is 0.259 bits per heavy atom. The average molecular weight is 719 g/mol. The maximum absolute atomic E-state index is 2.45. The van der Waals surface area contributed by atoms with Crippen LogP contribution in [0, 0.1) is 0 Å². The van der Waals surface area contributed by atoms with Crippen LogP contribution in [0.3, 0.4) is 0 Å². The van der Waals surface area contributed by atoms with E-state index < -0.39 is 0 Å². The smallest absolute Gasteiger partial charge is 0.0534 e. The minimum Gasteiger partial charge on any atom is -0.134 e. The lowest BCUT2D eigenvalue weighted by molar-refractivity contribution is 1.65. The fourth-order valence-electron chi connectivity index (χ4n) is 9.07. The standard InChI is InChI=1S/C52H30S2/c1-2-14-34-31(12-1)13-11-22-37(34)49-40-19-6-4-17-38(40)48(39-18-5-7-20-41(39)49)33-26-24-32(25-27-33)45-30-46-44-29-28-43-36-16-9-10-23-47(36)53-51(43)52(44)54-50(46)42-21-8-3-15-35(42)45/h1-30H. The van der Waals surface area contributed by atoms with Gasteiger partial charge in [-0.3, -0.25) is 0 Å². The first-order chi connectivity index (χ1) is 26.8. The Kier molecular flexibility index (Phi) is 6.48. The van der Waals surface area contributed by atoms with Crippen LogP contribution < -0.4 is 0 Å². The van der Waals surface area contributed by atoms with E-state index in [-0.39, 0.29) is 0 Å². The van der Waals surface area contributed by atoms with Crippen LogP contribution in [0.15, 0.2) is 182 Å². The van der Waals surface area contributed by atoms with Crippen molar-refractivity contribution in [2.24, 2.45) is 0 Å². The molecule has 0 aliphatic rings. The van der Waals surface area contributed by atoms with Crippen molar-refractivity contribution in [3.8, 4) is 33.4 Å². The van der Waals surface area contributed by atoms with Gasteiger partial charge in [0.25, 0.3) is 0 Å². The highest BCUT2D eigenvalue weighted by Crippen LogP contribution is 2.49. The van der Waals surface area contributed by atoms with Gasteiger partial charge < -0.3 is 0 Å². The Balaban J connectivity index is 1.06. The molecule has 0 unspecified atom stereocenters. The van der Waals surface area contributed by atoms with Crippen LogP contribution in [0.25, 0.3) is 117 Å². The summed E-state index contributed by atoms with van der Waals surface area (Å²) in [6.07, 6.45) is 0. The van der Waals surface area contributed by atoms with E-state index in [0.29, 0.717) is 0 Å². The van der Waals surface area contributed by atoms with E-state index in [9.17, 15) is 0 Å². The number of thiophene rings is 2. The van der Waals surface area contributed by atoms with Crippen LogP contribution in [0.5, 0.6) is 0 Å². The maximum atomic E-state index is 2.45. The maximum Gasteiger partial charge on any atom is 0.0534 e. The van der Waals surface area contributed by atoms with Crippen molar-refractivity contribution >= 4 is 106 Å². The zero-order valence-corrected chi connectivity index (χ0v) is 30.8. The van der Waals surface area contributed by atoms with Gasteiger partial charge in [-0.1, -0.05) is 170 Å². The molecule has 0 N–H and O–H groups in total. The first kappa shape index (κ1) is 30.2. The van der Waals surface area contributed by atoms with Crippen LogP contribution >= 0.6 is 22.7 Å². The van der Waals surface area contributed by atoms with Gasteiger partial charge in [-0.05, 0) is 83.2 Å². The molecule has 0 atom stereocenters. The fourth-order valence-corrected chi connectivity index (χ4v) is 11.7. The highest BCUT2D eigenvalue weighted by atomic mass is 32.1. The largest absolute Gasteiger partial charge is 0.134 e. The minimum absolute atomic E-state index is 1.23. The summed E-state index contributed by atoms with van der Waals surface area (Å²) in [5.74, 6) is 0. The minimum atomic E-state index is 1.23. The Morgan fingerprint density at radius 2 is 0.759 bits per heavy atom.